The van der Waals surface area contributed by atoms with E-state index < -0.39 is 5.97 Å². The Morgan fingerprint density at radius 1 is 1.35 bits per heavy atom. The Bertz CT molecular complexity index is 503. The molecule has 0 heterocycles. The molecule has 0 spiro atoms. The van der Waals surface area contributed by atoms with Crippen molar-refractivity contribution in [3.63, 3.8) is 0 Å². The van der Waals surface area contributed by atoms with Crippen molar-refractivity contribution in [3.8, 4) is 0 Å². The minimum atomic E-state index is -0.764. The van der Waals surface area contributed by atoms with Crippen molar-refractivity contribution in [1.82, 2.24) is 5.32 Å². The van der Waals surface area contributed by atoms with Gasteiger partial charge in [0.2, 0.25) is 5.91 Å². The van der Waals surface area contributed by atoms with E-state index in [2.05, 4.69) is 21.2 Å². The van der Waals surface area contributed by atoms with Gasteiger partial charge in [-0.05, 0) is 40.9 Å². The Labute approximate surface area is 130 Å². The van der Waals surface area contributed by atoms with Crippen molar-refractivity contribution in [2.75, 3.05) is 5.75 Å². The maximum absolute atomic E-state index is 11.7. The fourth-order valence-electron chi connectivity index (χ4n) is 2.05. The number of thioether (sulfide) groups is 1. The molecule has 108 valence electrons. The van der Waals surface area contributed by atoms with E-state index in [0.29, 0.717) is 25.0 Å². The lowest BCUT2D eigenvalue weighted by Crippen LogP contribution is -2.46. The smallest absolute Gasteiger partial charge is 0.306 e. The van der Waals surface area contributed by atoms with Gasteiger partial charge in [-0.25, -0.2) is 0 Å². The van der Waals surface area contributed by atoms with Crippen LogP contribution in [0.3, 0.4) is 0 Å². The summed E-state index contributed by atoms with van der Waals surface area (Å²) in [5, 5.41) is 11.6. The molecule has 6 heteroatoms. The highest BCUT2D eigenvalue weighted by molar-refractivity contribution is 9.10. The first kappa shape index (κ1) is 15.4. The number of carboxylic acids is 1. The van der Waals surface area contributed by atoms with Gasteiger partial charge in [0.05, 0.1) is 5.92 Å². The predicted molar refractivity (Wildman–Crippen MR) is 81.8 cm³/mol. The Morgan fingerprint density at radius 3 is 2.70 bits per heavy atom. The van der Waals surface area contributed by atoms with Crippen LogP contribution in [0, 0.1) is 5.92 Å². The van der Waals surface area contributed by atoms with Gasteiger partial charge in [-0.1, -0.05) is 12.1 Å². The Morgan fingerprint density at radius 2 is 2.05 bits per heavy atom. The molecule has 4 nitrogen and oxygen atoms in total. The summed E-state index contributed by atoms with van der Waals surface area (Å²) in [4.78, 5) is 23.5. The zero-order valence-corrected chi connectivity index (χ0v) is 13.2. The number of hydrogen-bond donors (Lipinski definition) is 2. The first-order valence-electron chi connectivity index (χ1n) is 6.45. The number of carboxylic acid groups (broad SMARTS) is 1. The molecule has 1 aromatic rings. The number of amides is 1. The molecule has 1 aliphatic carbocycles. The zero-order chi connectivity index (χ0) is 14.5. The highest BCUT2D eigenvalue weighted by atomic mass is 79.9. The minimum absolute atomic E-state index is 0.00149. The molecule has 20 heavy (non-hydrogen) atoms. The van der Waals surface area contributed by atoms with E-state index in [1.54, 1.807) is 11.8 Å². The molecule has 0 aliphatic heterocycles. The average Bonchev–Trinajstić information content (AvgIpc) is 2.35. The number of benzene rings is 1. The van der Waals surface area contributed by atoms with Crippen molar-refractivity contribution < 1.29 is 14.7 Å². The molecule has 0 radical (unpaired) electrons. The lowest BCUT2D eigenvalue weighted by Gasteiger charge is -2.32. The molecule has 0 unspecified atom stereocenters. The van der Waals surface area contributed by atoms with Crippen LogP contribution in [0.25, 0.3) is 0 Å². The molecule has 0 atom stereocenters. The van der Waals surface area contributed by atoms with E-state index in [1.807, 2.05) is 24.3 Å². The lowest BCUT2D eigenvalue weighted by molar-refractivity contribution is -0.146. The van der Waals surface area contributed by atoms with E-state index in [9.17, 15) is 9.59 Å². The third-order valence-electron chi connectivity index (χ3n) is 3.28. The molecule has 0 bridgehead atoms. The molecular weight excluding hydrogens is 342 g/mol. The van der Waals surface area contributed by atoms with Gasteiger partial charge in [0.25, 0.3) is 0 Å². The number of carbonyl (C=O) groups is 2. The quantitative estimate of drug-likeness (QED) is 0.768. The third-order valence-corrected chi connectivity index (χ3v) is 5.30. The van der Waals surface area contributed by atoms with Crippen molar-refractivity contribution in [2.45, 2.75) is 30.2 Å². The topological polar surface area (TPSA) is 66.4 Å². The SMILES string of the molecule is O=C(CCSc1ccccc1Br)NC1CC(C(=O)O)C1. The molecule has 1 fully saturated rings. The second kappa shape index (κ2) is 7.13. The van der Waals surface area contributed by atoms with Gasteiger partial charge in [0, 0.05) is 27.6 Å². The number of rotatable bonds is 6. The largest absolute Gasteiger partial charge is 0.481 e. The summed E-state index contributed by atoms with van der Waals surface area (Å²) in [5.41, 5.74) is 0. The fourth-order valence-corrected chi connectivity index (χ4v) is 3.57. The molecule has 1 aromatic carbocycles. The van der Waals surface area contributed by atoms with Crippen LogP contribution in [0.5, 0.6) is 0 Å². The summed E-state index contributed by atoms with van der Waals surface area (Å²) in [6.45, 7) is 0. The summed E-state index contributed by atoms with van der Waals surface area (Å²) < 4.78 is 1.04. The second-order valence-corrected chi connectivity index (χ2v) is 6.79. The summed E-state index contributed by atoms with van der Waals surface area (Å²) in [5.74, 6) is -0.336. The molecule has 2 rings (SSSR count). The molecule has 0 aromatic heterocycles. The maximum atomic E-state index is 11.7. The van der Waals surface area contributed by atoms with Crippen molar-refractivity contribution >= 4 is 39.6 Å². The standard InChI is InChI=1S/C14H16BrNO3S/c15-11-3-1-2-4-12(11)20-6-5-13(17)16-10-7-9(8-10)14(18)19/h1-4,9-10H,5-8H2,(H,16,17)(H,18,19). The van der Waals surface area contributed by atoms with E-state index >= 15 is 0 Å². The van der Waals surface area contributed by atoms with Crippen LogP contribution >= 0.6 is 27.7 Å². The van der Waals surface area contributed by atoms with Crippen molar-refractivity contribution in [3.05, 3.63) is 28.7 Å². The zero-order valence-electron chi connectivity index (χ0n) is 10.8. The normalized spacial score (nSPS) is 21.1. The van der Waals surface area contributed by atoms with Crippen LogP contribution < -0.4 is 5.32 Å². The van der Waals surface area contributed by atoms with E-state index in [0.717, 1.165) is 9.37 Å². The van der Waals surface area contributed by atoms with Gasteiger partial charge in [-0.15, -0.1) is 11.8 Å². The fraction of sp³-hybridized carbons (Fsp3) is 0.429. The average molecular weight is 358 g/mol. The molecule has 1 aliphatic rings. The lowest BCUT2D eigenvalue weighted by atomic mass is 9.80. The number of nitrogens with one attached hydrogen (secondary N) is 1. The van der Waals surface area contributed by atoms with E-state index in [-0.39, 0.29) is 17.9 Å². The highest BCUT2D eigenvalue weighted by Crippen LogP contribution is 2.29. The van der Waals surface area contributed by atoms with E-state index in [1.165, 1.54) is 0 Å². The monoisotopic (exact) mass is 357 g/mol. The number of halogens is 1. The van der Waals surface area contributed by atoms with Crippen LogP contribution in [0.4, 0.5) is 0 Å². The van der Waals surface area contributed by atoms with Crippen molar-refractivity contribution in [1.29, 1.82) is 0 Å². The molecule has 1 saturated carbocycles. The summed E-state index contributed by atoms with van der Waals surface area (Å²) in [7, 11) is 0. The van der Waals surface area contributed by atoms with Crippen LogP contribution in [-0.4, -0.2) is 28.8 Å². The van der Waals surface area contributed by atoms with Crippen LogP contribution in [0.2, 0.25) is 0 Å². The summed E-state index contributed by atoms with van der Waals surface area (Å²) >= 11 is 5.10. The van der Waals surface area contributed by atoms with Crippen LogP contribution in [0.1, 0.15) is 19.3 Å². The summed E-state index contributed by atoms with van der Waals surface area (Å²) in [6, 6.07) is 7.94. The Hall–Kier alpha value is -1.01. The summed E-state index contributed by atoms with van der Waals surface area (Å²) in [6.07, 6.45) is 1.55. The minimum Gasteiger partial charge on any atom is -0.481 e. The molecule has 1 amide bonds. The van der Waals surface area contributed by atoms with Gasteiger partial charge in [0.15, 0.2) is 0 Å². The van der Waals surface area contributed by atoms with Crippen LogP contribution in [0.15, 0.2) is 33.6 Å². The molecule has 0 saturated heterocycles. The molecular formula is C14H16BrNO3S. The van der Waals surface area contributed by atoms with Gasteiger partial charge in [-0.2, -0.15) is 0 Å². The number of carbonyl (C=O) groups excluding carboxylic acids is 1. The highest BCUT2D eigenvalue weighted by Gasteiger charge is 2.34. The van der Waals surface area contributed by atoms with Gasteiger partial charge < -0.3 is 10.4 Å². The maximum Gasteiger partial charge on any atom is 0.306 e. The Kier molecular flexibility index (Phi) is 5.48. The third kappa shape index (κ3) is 4.24. The first-order valence-corrected chi connectivity index (χ1v) is 8.23. The first-order chi connectivity index (χ1) is 9.56. The van der Waals surface area contributed by atoms with Gasteiger partial charge >= 0.3 is 5.97 Å². The Balaban J connectivity index is 1.64. The molecule has 2 N–H and O–H groups in total. The number of aliphatic carboxylic acids is 1. The number of hydrogen-bond acceptors (Lipinski definition) is 3. The second-order valence-electron chi connectivity index (χ2n) is 4.80. The van der Waals surface area contributed by atoms with Crippen molar-refractivity contribution in [2.24, 2.45) is 5.92 Å². The van der Waals surface area contributed by atoms with Gasteiger partial charge in [-0.3, -0.25) is 9.59 Å². The van der Waals surface area contributed by atoms with Gasteiger partial charge in [0.1, 0.15) is 0 Å². The van der Waals surface area contributed by atoms with Crippen LogP contribution in [-0.2, 0) is 9.59 Å². The van der Waals surface area contributed by atoms with E-state index in [4.69, 9.17) is 5.11 Å². The predicted octanol–water partition coefficient (Wildman–Crippen LogP) is 2.91.